The summed E-state index contributed by atoms with van der Waals surface area (Å²) in [6.45, 7) is 3.62. The minimum absolute atomic E-state index is 0.0424. The van der Waals surface area contributed by atoms with Crippen molar-refractivity contribution in [2.75, 3.05) is 13.2 Å². The standard InChI is InChI=1S/C25H32O3/c1-2-23(15-9-10-16-25(23)27-19-20-28-25)17-18-24(26,21-11-5-3-6-12-21)22-13-7-4-8-14-22/h3-8,11-14,26H,2,9-10,15-20H2,1H3. The van der Waals surface area contributed by atoms with E-state index in [1.165, 1.54) is 6.42 Å². The van der Waals surface area contributed by atoms with Crippen LogP contribution in [-0.4, -0.2) is 24.1 Å². The van der Waals surface area contributed by atoms with Crippen molar-refractivity contribution in [2.24, 2.45) is 5.41 Å². The van der Waals surface area contributed by atoms with Crippen molar-refractivity contribution in [2.45, 2.75) is 63.3 Å². The molecule has 2 aromatic carbocycles. The van der Waals surface area contributed by atoms with E-state index in [1.54, 1.807) is 0 Å². The van der Waals surface area contributed by atoms with Gasteiger partial charge in [0, 0.05) is 11.8 Å². The highest BCUT2D eigenvalue weighted by molar-refractivity contribution is 5.35. The molecular formula is C25H32O3. The van der Waals surface area contributed by atoms with E-state index < -0.39 is 11.4 Å². The molecule has 1 saturated carbocycles. The summed E-state index contributed by atoms with van der Waals surface area (Å²) in [6, 6.07) is 20.1. The number of benzene rings is 2. The maximum Gasteiger partial charge on any atom is 0.174 e. The molecule has 1 aliphatic carbocycles. The van der Waals surface area contributed by atoms with Crippen molar-refractivity contribution in [3.05, 3.63) is 71.8 Å². The van der Waals surface area contributed by atoms with Crippen LogP contribution < -0.4 is 0 Å². The molecule has 28 heavy (non-hydrogen) atoms. The Labute approximate surface area is 168 Å². The van der Waals surface area contributed by atoms with E-state index in [0.717, 1.165) is 43.2 Å². The first-order valence-corrected chi connectivity index (χ1v) is 10.8. The predicted molar refractivity (Wildman–Crippen MR) is 111 cm³/mol. The van der Waals surface area contributed by atoms with Crippen LogP contribution in [-0.2, 0) is 15.1 Å². The Kier molecular flexibility index (Phi) is 5.59. The zero-order chi connectivity index (χ0) is 19.5. The lowest BCUT2D eigenvalue weighted by Crippen LogP contribution is -2.52. The normalized spacial score (nSPS) is 24.5. The van der Waals surface area contributed by atoms with Gasteiger partial charge in [-0.25, -0.2) is 0 Å². The molecule has 150 valence electrons. The van der Waals surface area contributed by atoms with Gasteiger partial charge in [-0.2, -0.15) is 0 Å². The third kappa shape index (κ3) is 3.30. The van der Waals surface area contributed by atoms with Crippen LogP contribution in [0.15, 0.2) is 60.7 Å². The van der Waals surface area contributed by atoms with Gasteiger partial charge in [-0.05, 0) is 43.2 Å². The van der Waals surface area contributed by atoms with Crippen LogP contribution in [0, 0.1) is 5.41 Å². The first kappa shape index (κ1) is 19.6. The molecule has 2 aliphatic rings. The van der Waals surface area contributed by atoms with E-state index in [2.05, 4.69) is 6.92 Å². The Morgan fingerprint density at radius 3 is 1.93 bits per heavy atom. The molecule has 0 aromatic heterocycles. The molecular weight excluding hydrogens is 348 g/mol. The van der Waals surface area contributed by atoms with Gasteiger partial charge in [0.1, 0.15) is 5.60 Å². The summed E-state index contributed by atoms with van der Waals surface area (Å²) in [5.41, 5.74) is 0.845. The van der Waals surface area contributed by atoms with E-state index >= 15 is 0 Å². The zero-order valence-corrected chi connectivity index (χ0v) is 16.9. The van der Waals surface area contributed by atoms with Crippen LogP contribution >= 0.6 is 0 Å². The first-order chi connectivity index (χ1) is 13.6. The molecule has 1 heterocycles. The van der Waals surface area contributed by atoms with Gasteiger partial charge in [0.05, 0.1) is 13.2 Å². The molecule has 3 nitrogen and oxygen atoms in total. The summed E-state index contributed by atoms with van der Waals surface area (Å²) < 4.78 is 12.5. The average Bonchev–Trinajstić information content (AvgIpc) is 3.24. The van der Waals surface area contributed by atoms with E-state index in [4.69, 9.17) is 9.47 Å². The molecule has 1 N–H and O–H groups in total. The highest BCUT2D eigenvalue weighted by Gasteiger charge is 2.56. The van der Waals surface area contributed by atoms with Crippen LogP contribution in [0.3, 0.4) is 0 Å². The number of hydrogen-bond acceptors (Lipinski definition) is 3. The van der Waals surface area contributed by atoms with Crippen molar-refractivity contribution in [1.82, 2.24) is 0 Å². The second kappa shape index (κ2) is 7.98. The Hall–Kier alpha value is -1.68. The average molecular weight is 381 g/mol. The van der Waals surface area contributed by atoms with Gasteiger partial charge in [0.2, 0.25) is 0 Å². The van der Waals surface area contributed by atoms with Gasteiger partial charge in [0.25, 0.3) is 0 Å². The largest absolute Gasteiger partial charge is 0.380 e. The van der Waals surface area contributed by atoms with Gasteiger partial charge in [-0.15, -0.1) is 0 Å². The first-order valence-electron chi connectivity index (χ1n) is 10.8. The highest BCUT2D eigenvalue weighted by atomic mass is 16.7. The summed E-state index contributed by atoms with van der Waals surface area (Å²) in [6.07, 6.45) is 6.97. The Morgan fingerprint density at radius 2 is 1.39 bits per heavy atom. The molecule has 2 aromatic rings. The van der Waals surface area contributed by atoms with Gasteiger partial charge >= 0.3 is 0 Å². The van der Waals surface area contributed by atoms with Crippen LogP contribution in [0.5, 0.6) is 0 Å². The molecule has 4 rings (SSSR count). The van der Waals surface area contributed by atoms with Crippen LogP contribution in [0.1, 0.15) is 63.0 Å². The van der Waals surface area contributed by atoms with E-state index in [1.807, 2.05) is 60.7 Å². The van der Waals surface area contributed by atoms with E-state index in [9.17, 15) is 5.11 Å². The van der Waals surface area contributed by atoms with E-state index in [-0.39, 0.29) is 5.41 Å². The zero-order valence-electron chi connectivity index (χ0n) is 16.9. The summed E-state index contributed by atoms with van der Waals surface area (Å²) >= 11 is 0. The summed E-state index contributed by atoms with van der Waals surface area (Å²) in [4.78, 5) is 0. The lowest BCUT2D eigenvalue weighted by atomic mass is 9.63. The fourth-order valence-corrected chi connectivity index (χ4v) is 5.42. The molecule has 0 radical (unpaired) electrons. The molecule has 1 atom stereocenters. The number of aliphatic hydroxyl groups is 1. The van der Waals surface area contributed by atoms with Crippen LogP contribution in [0.25, 0.3) is 0 Å². The topological polar surface area (TPSA) is 38.7 Å². The minimum Gasteiger partial charge on any atom is -0.380 e. The maximum atomic E-state index is 11.9. The van der Waals surface area contributed by atoms with Gasteiger partial charge in [-0.1, -0.05) is 74.0 Å². The van der Waals surface area contributed by atoms with E-state index in [0.29, 0.717) is 19.6 Å². The van der Waals surface area contributed by atoms with Crippen molar-refractivity contribution in [3.63, 3.8) is 0 Å². The van der Waals surface area contributed by atoms with Crippen LogP contribution in [0.2, 0.25) is 0 Å². The molecule has 0 amide bonds. The fourth-order valence-electron chi connectivity index (χ4n) is 5.42. The predicted octanol–water partition coefficient (Wildman–Crippen LogP) is 5.42. The molecule has 1 unspecified atom stereocenters. The number of hydrogen-bond donors (Lipinski definition) is 1. The summed E-state index contributed by atoms with van der Waals surface area (Å²) in [7, 11) is 0. The van der Waals surface area contributed by atoms with Gasteiger partial charge in [0.15, 0.2) is 5.79 Å². The Bertz CT molecular complexity index is 712. The quantitative estimate of drug-likeness (QED) is 0.727. The SMILES string of the molecule is CCC1(CCC(O)(c2ccccc2)c2ccccc2)CCCCC12OCCO2. The lowest BCUT2D eigenvalue weighted by molar-refractivity contribution is -0.262. The van der Waals surface area contributed by atoms with Crippen LogP contribution in [0.4, 0.5) is 0 Å². The second-order valence-electron chi connectivity index (χ2n) is 8.38. The molecule has 1 saturated heterocycles. The fraction of sp³-hybridized carbons (Fsp3) is 0.520. The Morgan fingerprint density at radius 1 is 0.857 bits per heavy atom. The number of ether oxygens (including phenoxy) is 2. The second-order valence-corrected chi connectivity index (χ2v) is 8.38. The van der Waals surface area contributed by atoms with Gasteiger partial charge < -0.3 is 14.6 Å². The Balaban J connectivity index is 1.67. The molecule has 1 spiro atoms. The smallest absolute Gasteiger partial charge is 0.174 e. The summed E-state index contributed by atoms with van der Waals surface area (Å²) in [5.74, 6) is -0.464. The number of rotatable bonds is 6. The lowest BCUT2D eigenvalue weighted by Gasteiger charge is -2.51. The summed E-state index contributed by atoms with van der Waals surface area (Å²) in [5, 5.41) is 11.9. The monoisotopic (exact) mass is 380 g/mol. The molecule has 3 heteroatoms. The third-order valence-corrected chi connectivity index (χ3v) is 7.12. The van der Waals surface area contributed by atoms with Crippen molar-refractivity contribution >= 4 is 0 Å². The molecule has 2 fully saturated rings. The highest BCUT2D eigenvalue weighted by Crippen LogP contribution is 2.55. The molecule has 1 aliphatic heterocycles. The van der Waals surface area contributed by atoms with Crippen molar-refractivity contribution in [1.29, 1.82) is 0 Å². The van der Waals surface area contributed by atoms with Crippen molar-refractivity contribution < 1.29 is 14.6 Å². The molecule has 0 bridgehead atoms. The van der Waals surface area contributed by atoms with Gasteiger partial charge in [-0.3, -0.25) is 0 Å². The minimum atomic E-state index is -1.01. The third-order valence-electron chi connectivity index (χ3n) is 7.12. The van der Waals surface area contributed by atoms with Crippen molar-refractivity contribution in [3.8, 4) is 0 Å². The maximum absolute atomic E-state index is 11.9.